The molecule has 0 aromatic carbocycles. The van der Waals surface area contributed by atoms with Crippen LogP contribution in [0.2, 0.25) is 0 Å². The van der Waals surface area contributed by atoms with E-state index in [1.807, 2.05) is 13.0 Å². The lowest BCUT2D eigenvalue weighted by Crippen LogP contribution is -1.60. The van der Waals surface area contributed by atoms with E-state index in [1.165, 1.54) is 16.4 Å². The highest BCUT2D eigenvalue weighted by atomic mass is 32.1. The SMILES string of the molecule is C.C=Cc1cc(C)sn1. The number of hydrogen-bond donors (Lipinski definition) is 0. The molecule has 1 rings (SSSR count). The van der Waals surface area contributed by atoms with Crippen LogP contribution in [-0.2, 0) is 0 Å². The van der Waals surface area contributed by atoms with Crippen LogP contribution in [0.1, 0.15) is 18.0 Å². The summed E-state index contributed by atoms with van der Waals surface area (Å²) >= 11 is 1.51. The van der Waals surface area contributed by atoms with Gasteiger partial charge in [-0.25, -0.2) is 0 Å². The summed E-state index contributed by atoms with van der Waals surface area (Å²) < 4.78 is 4.06. The standard InChI is InChI=1S/C6H7NS.CH4/c1-3-6-4-5(2)8-7-6;/h3-4H,1H2,2H3;1H4. The fraction of sp³-hybridized carbons (Fsp3) is 0.286. The van der Waals surface area contributed by atoms with Crippen LogP contribution in [0.3, 0.4) is 0 Å². The van der Waals surface area contributed by atoms with Gasteiger partial charge in [0.25, 0.3) is 0 Å². The first-order valence-electron chi connectivity index (χ1n) is 2.38. The molecule has 0 aliphatic carbocycles. The highest BCUT2D eigenvalue weighted by Crippen LogP contribution is 2.07. The summed E-state index contributed by atoms with van der Waals surface area (Å²) in [7, 11) is 0. The third-order valence-electron chi connectivity index (χ3n) is 0.855. The number of nitrogens with zero attached hydrogens (tertiary/aromatic N) is 1. The second-order valence-corrected chi connectivity index (χ2v) is 2.58. The van der Waals surface area contributed by atoms with Gasteiger partial charge in [0.05, 0.1) is 5.69 Å². The molecule has 0 saturated carbocycles. The average Bonchev–Trinajstić information content (AvgIpc) is 2.14. The van der Waals surface area contributed by atoms with Gasteiger partial charge in [0.1, 0.15) is 0 Å². The molecule has 0 radical (unpaired) electrons. The van der Waals surface area contributed by atoms with Gasteiger partial charge in [0.2, 0.25) is 0 Å². The van der Waals surface area contributed by atoms with E-state index in [-0.39, 0.29) is 7.43 Å². The van der Waals surface area contributed by atoms with Gasteiger partial charge in [0, 0.05) is 4.88 Å². The van der Waals surface area contributed by atoms with Gasteiger partial charge < -0.3 is 0 Å². The molecule has 0 bridgehead atoms. The zero-order chi connectivity index (χ0) is 5.98. The van der Waals surface area contributed by atoms with E-state index in [2.05, 4.69) is 11.0 Å². The van der Waals surface area contributed by atoms with Crippen LogP contribution in [0.4, 0.5) is 0 Å². The molecule has 50 valence electrons. The van der Waals surface area contributed by atoms with E-state index in [9.17, 15) is 0 Å². The summed E-state index contributed by atoms with van der Waals surface area (Å²) in [5, 5.41) is 0. The molecule has 0 N–H and O–H groups in total. The van der Waals surface area contributed by atoms with E-state index in [0.717, 1.165) is 5.69 Å². The van der Waals surface area contributed by atoms with Gasteiger partial charge in [-0.3, -0.25) is 0 Å². The molecule has 0 aliphatic heterocycles. The van der Waals surface area contributed by atoms with Crippen molar-refractivity contribution in [1.82, 2.24) is 4.37 Å². The minimum absolute atomic E-state index is 0. The van der Waals surface area contributed by atoms with Crippen molar-refractivity contribution in [3.05, 3.63) is 23.2 Å². The molecule has 0 aliphatic rings. The molecular formula is C7H11NS. The minimum Gasteiger partial charge on any atom is -0.193 e. The van der Waals surface area contributed by atoms with E-state index >= 15 is 0 Å². The summed E-state index contributed by atoms with van der Waals surface area (Å²) in [6, 6.07) is 2.01. The predicted octanol–water partition coefficient (Wildman–Crippen LogP) is 2.73. The topological polar surface area (TPSA) is 12.9 Å². The second-order valence-electron chi connectivity index (χ2n) is 1.57. The zero-order valence-corrected chi connectivity index (χ0v) is 5.53. The Morgan fingerprint density at radius 2 is 2.44 bits per heavy atom. The average molecular weight is 141 g/mol. The Morgan fingerprint density at radius 1 is 1.78 bits per heavy atom. The molecule has 0 spiro atoms. The quantitative estimate of drug-likeness (QED) is 0.586. The summed E-state index contributed by atoms with van der Waals surface area (Å²) in [6.07, 6.45) is 1.75. The maximum Gasteiger partial charge on any atom is 0.0765 e. The van der Waals surface area contributed by atoms with Crippen LogP contribution < -0.4 is 0 Å². The smallest absolute Gasteiger partial charge is 0.0765 e. The largest absolute Gasteiger partial charge is 0.193 e. The van der Waals surface area contributed by atoms with Crippen LogP contribution in [0.25, 0.3) is 6.08 Å². The van der Waals surface area contributed by atoms with Crippen molar-refractivity contribution < 1.29 is 0 Å². The van der Waals surface area contributed by atoms with Crippen LogP contribution in [-0.4, -0.2) is 4.37 Å². The predicted molar refractivity (Wildman–Crippen MR) is 43.7 cm³/mol. The van der Waals surface area contributed by atoms with Gasteiger partial charge in [-0.15, -0.1) is 0 Å². The fourth-order valence-electron chi connectivity index (χ4n) is 0.482. The zero-order valence-electron chi connectivity index (χ0n) is 4.72. The molecule has 0 amide bonds. The first-order chi connectivity index (χ1) is 3.83. The first-order valence-corrected chi connectivity index (χ1v) is 3.16. The second kappa shape index (κ2) is 3.41. The van der Waals surface area contributed by atoms with Crippen molar-refractivity contribution in [2.45, 2.75) is 14.4 Å². The van der Waals surface area contributed by atoms with Crippen molar-refractivity contribution in [2.75, 3.05) is 0 Å². The number of rotatable bonds is 1. The Morgan fingerprint density at radius 3 is 2.67 bits per heavy atom. The van der Waals surface area contributed by atoms with Crippen molar-refractivity contribution in [2.24, 2.45) is 0 Å². The summed E-state index contributed by atoms with van der Waals surface area (Å²) in [5.41, 5.74) is 0.979. The maximum atomic E-state index is 4.06. The third-order valence-corrected chi connectivity index (χ3v) is 1.56. The van der Waals surface area contributed by atoms with Crippen LogP contribution in [0.5, 0.6) is 0 Å². The Balaban J connectivity index is 0.000000640. The molecule has 9 heavy (non-hydrogen) atoms. The molecule has 0 unspecified atom stereocenters. The Kier molecular flexibility index (Phi) is 3.17. The molecule has 0 fully saturated rings. The lowest BCUT2D eigenvalue weighted by Gasteiger charge is -1.71. The fourth-order valence-corrected chi connectivity index (χ4v) is 1.03. The van der Waals surface area contributed by atoms with Crippen molar-refractivity contribution in [1.29, 1.82) is 0 Å². The number of hydrogen-bond acceptors (Lipinski definition) is 2. The van der Waals surface area contributed by atoms with Crippen LogP contribution >= 0.6 is 11.5 Å². The van der Waals surface area contributed by atoms with Gasteiger partial charge in [-0.1, -0.05) is 14.0 Å². The highest BCUT2D eigenvalue weighted by molar-refractivity contribution is 7.05. The monoisotopic (exact) mass is 141 g/mol. The van der Waals surface area contributed by atoms with Crippen LogP contribution in [0.15, 0.2) is 12.6 Å². The summed E-state index contributed by atoms with van der Waals surface area (Å²) in [5.74, 6) is 0. The molecular weight excluding hydrogens is 130 g/mol. The minimum atomic E-state index is 0. The molecule has 0 atom stereocenters. The van der Waals surface area contributed by atoms with Gasteiger partial charge in [0.15, 0.2) is 0 Å². The molecule has 1 heterocycles. The third kappa shape index (κ3) is 1.98. The lowest BCUT2D eigenvalue weighted by molar-refractivity contribution is 1.51. The van der Waals surface area contributed by atoms with Crippen LogP contribution in [0, 0.1) is 6.92 Å². The molecule has 1 aromatic rings. The van der Waals surface area contributed by atoms with E-state index in [4.69, 9.17) is 0 Å². The normalized spacial score (nSPS) is 8.11. The molecule has 2 heteroatoms. The van der Waals surface area contributed by atoms with E-state index in [0.29, 0.717) is 0 Å². The molecule has 1 aromatic heterocycles. The maximum absolute atomic E-state index is 4.06. The number of aromatic nitrogens is 1. The van der Waals surface area contributed by atoms with Crippen molar-refractivity contribution in [3.8, 4) is 0 Å². The Labute approximate surface area is 60.2 Å². The van der Waals surface area contributed by atoms with Crippen molar-refractivity contribution >= 4 is 17.6 Å². The molecule has 0 saturated heterocycles. The van der Waals surface area contributed by atoms with E-state index < -0.39 is 0 Å². The number of aryl methyl sites for hydroxylation is 1. The Bertz CT molecular complexity index is 191. The summed E-state index contributed by atoms with van der Waals surface area (Å²) in [4.78, 5) is 1.24. The van der Waals surface area contributed by atoms with Crippen molar-refractivity contribution in [3.63, 3.8) is 0 Å². The molecule has 1 nitrogen and oxygen atoms in total. The van der Waals surface area contributed by atoms with Gasteiger partial charge >= 0.3 is 0 Å². The lowest BCUT2D eigenvalue weighted by atomic mass is 10.4. The van der Waals surface area contributed by atoms with E-state index in [1.54, 1.807) is 6.08 Å². The highest BCUT2D eigenvalue weighted by Gasteiger charge is 1.88. The van der Waals surface area contributed by atoms with Gasteiger partial charge in [-0.2, -0.15) is 4.37 Å². The van der Waals surface area contributed by atoms with Gasteiger partial charge in [-0.05, 0) is 30.6 Å². The Hall–Kier alpha value is -0.630. The first kappa shape index (κ1) is 8.37. The summed E-state index contributed by atoms with van der Waals surface area (Å²) in [6.45, 7) is 5.62.